The summed E-state index contributed by atoms with van der Waals surface area (Å²) in [6.45, 7) is 9.04. The summed E-state index contributed by atoms with van der Waals surface area (Å²) in [7, 11) is 0. The molecule has 1 aliphatic heterocycles. The van der Waals surface area contributed by atoms with Gasteiger partial charge in [0.15, 0.2) is 0 Å². The van der Waals surface area contributed by atoms with Crippen LogP contribution in [0.5, 0.6) is 5.75 Å². The van der Waals surface area contributed by atoms with Crippen LogP contribution in [0.1, 0.15) is 23.7 Å². The van der Waals surface area contributed by atoms with Crippen LogP contribution in [0.2, 0.25) is 0 Å². The van der Waals surface area contributed by atoms with Gasteiger partial charge in [0.2, 0.25) is 0 Å². The molecule has 0 aliphatic carbocycles. The van der Waals surface area contributed by atoms with Gasteiger partial charge in [-0.25, -0.2) is 4.98 Å². The van der Waals surface area contributed by atoms with Gasteiger partial charge in [-0.05, 0) is 26.0 Å². The maximum atomic E-state index is 9.14. The lowest BCUT2D eigenvalue weighted by molar-refractivity contribution is 0.235. The summed E-state index contributed by atoms with van der Waals surface area (Å²) in [5.74, 6) is 0.966. The number of benzene rings is 1. The number of rotatable bonds is 6. The maximum absolute atomic E-state index is 9.14. The summed E-state index contributed by atoms with van der Waals surface area (Å²) in [6.07, 6.45) is 1.95. The maximum Gasteiger partial charge on any atom is 0.142 e. The Labute approximate surface area is 147 Å². The molecule has 130 valence electrons. The molecule has 0 atom stereocenters. The van der Waals surface area contributed by atoms with Crippen LogP contribution >= 0.6 is 11.3 Å². The van der Waals surface area contributed by atoms with Crippen molar-refractivity contribution < 1.29 is 9.84 Å². The predicted octanol–water partition coefficient (Wildman–Crippen LogP) is 2.74. The Morgan fingerprint density at radius 2 is 1.96 bits per heavy atom. The van der Waals surface area contributed by atoms with Crippen molar-refractivity contribution in [3.05, 3.63) is 40.3 Å². The van der Waals surface area contributed by atoms with Crippen molar-refractivity contribution in [1.82, 2.24) is 9.88 Å². The van der Waals surface area contributed by atoms with Gasteiger partial charge >= 0.3 is 0 Å². The van der Waals surface area contributed by atoms with Crippen molar-refractivity contribution in [2.75, 3.05) is 31.1 Å². The van der Waals surface area contributed by atoms with E-state index in [2.05, 4.69) is 40.8 Å². The van der Waals surface area contributed by atoms with Gasteiger partial charge in [-0.3, -0.25) is 4.90 Å². The standard InChI is InChI=1S/C18H25N3O2S/c1-14(2)23-17-6-4-3-5-16(17)21-9-7-20(8-10-21)12-18-19-11-15(13-22)24-18/h3-6,11,14,22H,7-10,12-13H2,1-2H3. The van der Waals surface area contributed by atoms with Crippen LogP contribution in [-0.4, -0.2) is 47.3 Å². The molecule has 2 heterocycles. The molecule has 3 rings (SSSR count). The van der Waals surface area contributed by atoms with Gasteiger partial charge in [-0.1, -0.05) is 12.1 Å². The highest BCUT2D eigenvalue weighted by atomic mass is 32.1. The van der Waals surface area contributed by atoms with Gasteiger partial charge in [-0.2, -0.15) is 0 Å². The number of ether oxygens (including phenoxy) is 1. The largest absolute Gasteiger partial charge is 0.489 e. The van der Waals surface area contributed by atoms with Crippen molar-refractivity contribution in [3.8, 4) is 5.75 Å². The van der Waals surface area contributed by atoms with E-state index in [0.717, 1.165) is 48.4 Å². The second kappa shape index (κ2) is 7.96. The minimum absolute atomic E-state index is 0.0814. The first-order chi connectivity index (χ1) is 11.7. The Balaban J connectivity index is 1.59. The molecule has 1 saturated heterocycles. The van der Waals surface area contributed by atoms with Crippen LogP contribution in [0.25, 0.3) is 0 Å². The third-order valence-electron chi connectivity index (χ3n) is 4.06. The fraction of sp³-hybridized carbons (Fsp3) is 0.500. The van der Waals surface area contributed by atoms with Crippen LogP contribution in [-0.2, 0) is 13.2 Å². The number of aliphatic hydroxyl groups is 1. The number of hydrogen-bond acceptors (Lipinski definition) is 6. The van der Waals surface area contributed by atoms with Gasteiger partial charge in [0, 0.05) is 32.4 Å². The molecule has 1 aliphatic rings. The van der Waals surface area contributed by atoms with Crippen molar-refractivity contribution in [2.24, 2.45) is 0 Å². The summed E-state index contributed by atoms with van der Waals surface area (Å²) in [5.41, 5.74) is 1.18. The first-order valence-corrected chi connectivity index (χ1v) is 9.25. The van der Waals surface area contributed by atoms with Crippen molar-refractivity contribution in [2.45, 2.75) is 33.1 Å². The molecule has 0 unspecified atom stereocenters. The van der Waals surface area contributed by atoms with Crippen LogP contribution in [0.15, 0.2) is 30.5 Å². The monoisotopic (exact) mass is 347 g/mol. The molecule has 0 radical (unpaired) electrons. The van der Waals surface area contributed by atoms with Gasteiger partial charge in [-0.15, -0.1) is 11.3 Å². The van der Waals surface area contributed by atoms with E-state index >= 15 is 0 Å². The van der Waals surface area contributed by atoms with Gasteiger partial charge < -0.3 is 14.7 Å². The van der Waals surface area contributed by atoms with Gasteiger partial charge in [0.05, 0.1) is 29.8 Å². The zero-order valence-electron chi connectivity index (χ0n) is 14.3. The molecule has 1 fully saturated rings. The molecule has 6 heteroatoms. The van der Waals surface area contributed by atoms with Crippen LogP contribution in [0.3, 0.4) is 0 Å². The number of piperazine rings is 1. The molecule has 0 bridgehead atoms. The number of nitrogens with zero attached hydrogens (tertiary/aromatic N) is 3. The first-order valence-electron chi connectivity index (χ1n) is 8.43. The number of para-hydroxylation sites is 2. The third kappa shape index (κ3) is 4.26. The minimum Gasteiger partial charge on any atom is -0.489 e. The number of hydrogen-bond donors (Lipinski definition) is 1. The Kier molecular flexibility index (Phi) is 5.71. The fourth-order valence-electron chi connectivity index (χ4n) is 2.90. The molecule has 0 saturated carbocycles. The lowest BCUT2D eigenvalue weighted by atomic mass is 10.2. The number of anilines is 1. The van der Waals surface area contributed by atoms with Crippen molar-refractivity contribution in [1.29, 1.82) is 0 Å². The summed E-state index contributed by atoms with van der Waals surface area (Å²) >= 11 is 1.60. The Morgan fingerprint density at radius 1 is 1.21 bits per heavy atom. The highest BCUT2D eigenvalue weighted by Crippen LogP contribution is 2.30. The number of thiazole rings is 1. The molecule has 24 heavy (non-hydrogen) atoms. The van der Waals surface area contributed by atoms with Crippen LogP contribution < -0.4 is 9.64 Å². The molecule has 5 nitrogen and oxygen atoms in total. The van der Waals surface area contributed by atoms with E-state index in [1.807, 2.05) is 12.1 Å². The average molecular weight is 347 g/mol. The van der Waals surface area contributed by atoms with E-state index in [-0.39, 0.29) is 12.7 Å². The zero-order chi connectivity index (χ0) is 16.9. The molecule has 0 spiro atoms. The molecule has 1 aromatic carbocycles. The molecule has 1 N–H and O–H groups in total. The van der Waals surface area contributed by atoms with E-state index in [0.29, 0.717) is 0 Å². The molecule has 2 aromatic rings. The van der Waals surface area contributed by atoms with Gasteiger partial charge in [0.25, 0.3) is 0 Å². The smallest absolute Gasteiger partial charge is 0.142 e. The van der Waals surface area contributed by atoms with Crippen LogP contribution in [0.4, 0.5) is 5.69 Å². The topological polar surface area (TPSA) is 48.8 Å². The highest BCUT2D eigenvalue weighted by molar-refractivity contribution is 7.11. The molecule has 1 aromatic heterocycles. The summed E-state index contributed by atoms with van der Waals surface area (Å²) in [6, 6.07) is 8.29. The fourth-order valence-corrected chi connectivity index (χ4v) is 3.73. The zero-order valence-corrected chi connectivity index (χ0v) is 15.1. The Morgan fingerprint density at radius 3 is 2.62 bits per heavy atom. The van der Waals surface area contributed by atoms with E-state index in [1.54, 1.807) is 17.5 Å². The normalized spacial score (nSPS) is 15.9. The van der Waals surface area contributed by atoms with Crippen molar-refractivity contribution >= 4 is 17.0 Å². The SMILES string of the molecule is CC(C)Oc1ccccc1N1CCN(Cc2ncc(CO)s2)CC1. The van der Waals surface area contributed by atoms with Crippen molar-refractivity contribution in [3.63, 3.8) is 0 Å². The third-order valence-corrected chi connectivity index (χ3v) is 5.02. The molecule has 0 amide bonds. The second-order valence-electron chi connectivity index (χ2n) is 6.28. The van der Waals surface area contributed by atoms with E-state index < -0.39 is 0 Å². The number of aromatic nitrogens is 1. The average Bonchev–Trinajstić information content (AvgIpc) is 3.03. The molecular weight excluding hydrogens is 322 g/mol. The highest BCUT2D eigenvalue weighted by Gasteiger charge is 2.20. The Bertz CT molecular complexity index is 651. The predicted molar refractivity (Wildman–Crippen MR) is 97.7 cm³/mol. The van der Waals surface area contributed by atoms with Gasteiger partial charge in [0.1, 0.15) is 10.8 Å². The van der Waals surface area contributed by atoms with E-state index in [4.69, 9.17) is 9.84 Å². The van der Waals surface area contributed by atoms with E-state index in [9.17, 15) is 0 Å². The lowest BCUT2D eigenvalue weighted by Crippen LogP contribution is -2.46. The molecular formula is C18H25N3O2S. The van der Waals surface area contributed by atoms with Crippen LogP contribution in [0, 0.1) is 0 Å². The Hall–Kier alpha value is -1.63. The minimum atomic E-state index is 0.0814. The summed E-state index contributed by atoms with van der Waals surface area (Å²) in [4.78, 5) is 10.1. The lowest BCUT2D eigenvalue weighted by Gasteiger charge is -2.36. The number of aliphatic hydroxyl groups excluding tert-OH is 1. The quantitative estimate of drug-likeness (QED) is 0.871. The summed E-state index contributed by atoms with van der Waals surface area (Å²) < 4.78 is 5.95. The van der Waals surface area contributed by atoms with E-state index in [1.165, 1.54) is 5.69 Å². The second-order valence-corrected chi connectivity index (χ2v) is 7.48. The summed E-state index contributed by atoms with van der Waals surface area (Å²) in [5, 5.41) is 10.2. The first kappa shape index (κ1) is 17.2.